The Hall–Kier alpha value is -0.220. The van der Waals surface area contributed by atoms with Gasteiger partial charge in [-0.3, -0.25) is 0 Å². The quantitative estimate of drug-likeness (QED) is 0.756. The number of halogens is 1. The molecule has 4 heteroatoms. The average Bonchev–Trinajstić information content (AvgIpc) is 2.91. The SMILES string of the molecule is CC(C)CNCc1ccc(SCC2CCCO2)cc1Cl. The van der Waals surface area contributed by atoms with E-state index >= 15 is 0 Å². The van der Waals surface area contributed by atoms with E-state index in [9.17, 15) is 0 Å². The minimum atomic E-state index is 0.422. The Morgan fingerprint density at radius 2 is 2.30 bits per heavy atom. The molecule has 1 N–H and O–H groups in total. The number of rotatable bonds is 7. The molecule has 1 aliphatic heterocycles. The van der Waals surface area contributed by atoms with Crippen LogP contribution >= 0.6 is 23.4 Å². The smallest absolute Gasteiger partial charge is 0.0669 e. The highest BCUT2D eigenvalue weighted by Gasteiger charge is 2.15. The molecule has 0 saturated carbocycles. The maximum Gasteiger partial charge on any atom is 0.0669 e. The second-order valence-corrected chi connectivity index (χ2v) is 7.22. The van der Waals surface area contributed by atoms with Crippen molar-refractivity contribution in [3.8, 4) is 0 Å². The van der Waals surface area contributed by atoms with Crippen LogP contribution in [-0.4, -0.2) is 25.0 Å². The van der Waals surface area contributed by atoms with Crippen LogP contribution in [0.4, 0.5) is 0 Å². The first kappa shape index (κ1) is 16.2. The van der Waals surface area contributed by atoms with Gasteiger partial charge >= 0.3 is 0 Å². The number of hydrogen-bond acceptors (Lipinski definition) is 3. The van der Waals surface area contributed by atoms with Crippen molar-refractivity contribution in [3.63, 3.8) is 0 Å². The topological polar surface area (TPSA) is 21.3 Å². The van der Waals surface area contributed by atoms with Crippen molar-refractivity contribution in [1.29, 1.82) is 0 Å². The Morgan fingerprint density at radius 3 is 2.95 bits per heavy atom. The Balaban J connectivity index is 1.81. The van der Waals surface area contributed by atoms with Gasteiger partial charge in [-0.05, 0) is 43.0 Å². The van der Waals surface area contributed by atoms with Crippen molar-refractivity contribution in [2.75, 3.05) is 18.9 Å². The minimum absolute atomic E-state index is 0.422. The summed E-state index contributed by atoms with van der Waals surface area (Å²) in [6.45, 7) is 7.20. The predicted molar refractivity (Wildman–Crippen MR) is 87.7 cm³/mol. The zero-order chi connectivity index (χ0) is 14.4. The summed E-state index contributed by atoms with van der Waals surface area (Å²) in [5.74, 6) is 1.69. The molecule has 0 spiro atoms. The highest BCUT2D eigenvalue weighted by molar-refractivity contribution is 7.99. The van der Waals surface area contributed by atoms with Gasteiger partial charge in [-0.2, -0.15) is 0 Å². The summed E-state index contributed by atoms with van der Waals surface area (Å²) in [6.07, 6.45) is 2.82. The molecule has 20 heavy (non-hydrogen) atoms. The van der Waals surface area contributed by atoms with Crippen molar-refractivity contribution in [2.45, 2.75) is 44.2 Å². The van der Waals surface area contributed by atoms with E-state index in [2.05, 4.69) is 37.4 Å². The van der Waals surface area contributed by atoms with Crippen LogP contribution in [-0.2, 0) is 11.3 Å². The number of hydrogen-bond donors (Lipinski definition) is 1. The Labute approximate surface area is 131 Å². The number of thioether (sulfide) groups is 1. The van der Waals surface area contributed by atoms with Crippen LogP contribution in [0.1, 0.15) is 32.3 Å². The maximum atomic E-state index is 6.36. The van der Waals surface area contributed by atoms with Gasteiger partial charge in [0, 0.05) is 28.8 Å². The fourth-order valence-electron chi connectivity index (χ4n) is 2.22. The Morgan fingerprint density at radius 1 is 1.45 bits per heavy atom. The lowest BCUT2D eigenvalue weighted by atomic mass is 10.2. The van der Waals surface area contributed by atoms with Crippen LogP contribution in [0.5, 0.6) is 0 Å². The first-order valence-corrected chi connectivity index (χ1v) is 8.75. The molecule has 1 fully saturated rings. The molecule has 0 aliphatic carbocycles. The predicted octanol–water partition coefficient (Wildman–Crippen LogP) is 4.36. The molecule has 0 radical (unpaired) electrons. The van der Waals surface area contributed by atoms with Crippen LogP contribution in [0, 0.1) is 5.92 Å². The third kappa shape index (κ3) is 5.28. The van der Waals surface area contributed by atoms with Crippen molar-refractivity contribution in [3.05, 3.63) is 28.8 Å². The van der Waals surface area contributed by atoms with Gasteiger partial charge in [0.25, 0.3) is 0 Å². The van der Waals surface area contributed by atoms with E-state index in [1.54, 1.807) is 0 Å². The molecule has 0 aromatic heterocycles. The third-order valence-corrected chi connectivity index (χ3v) is 4.83. The minimum Gasteiger partial charge on any atom is -0.377 e. The van der Waals surface area contributed by atoms with E-state index in [4.69, 9.17) is 16.3 Å². The lowest BCUT2D eigenvalue weighted by Gasteiger charge is -2.11. The lowest BCUT2D eigenvalue weighted by molar-refractivity contribution is 0.129. The molecule has 1 saturated heterocycles. The summed E-state index contributed by atoms with van der Waals surface area (Å²) >= 11 is 8.19. The van der Waals surface area contributed by atoms with Gasteiger partial charge in [0.05, 0.1) is 6.10 Å². The van der Waals surface area contributed by atoms with Crippen LogP contribution in [0.2, 0.25) is 5.02 Å². The molecule has 2 nitrogen and oxygen atoms in total. The molecule has 1 atom stereocenters. The van der Waals surface area contributed by atoms with E-state index in [0.717, 1.165) is 30.5 Å². The number of benzene rings is 1. The van der Waals surface area contributed by atoms with Crippen LogP contribution in [0.15, 0.2) is 23.1 Å². The van der Waals surface area contributed by atoms with Gasteiger partial charge in [0.2, 0.25) is 0 Å². The summed E-state index contributed by atoms with van der Waals surface area (Å²) in [4.78, 5) is 1.23. The molecule has 1 aromatic rings. The van der Waals surface area contributed by atoms with E-state index in [1.807, 2.05) is 11.8 Å². The van der Waals surface area contributed by atoms with E-state index < -0.39 is 0 Å². The van der Waals surface area contributed by atoms with Crippen molar-refractivity contribution < 1.29 is 4.74 Å². The average molecular weight is 314 g/mol. The molecule has 1 heterocycles. The van der Waals surface area contributed by atoms with E-state index in [1.165, 1.54) is 23.3 Å². The van der Waals surface area contributed by atoms with Gasteiger partial charge in [-0.15, -0.1) is 11.8 Å². The largest absolute Gasteiger partial charge is 0.377 e. The monoisotopic (exact) mass is 313 g/mol. The summed E-state index contributed by atoms with van der Waals surface area (Å²) in [5, 5.41) is 4.29. The lowest BCUT2D eigenvalue weighted by Crippen LogP contribution is -2.19. The normalized spacial score (nSPS) is 18.9. The van der Waals surface area contributed by atoms with Crippen molar-refractivity contribution in [1.82, 2.24) is 5.32 Å². The van der Waals surface area contributed by atoms with E-state index in [-0.39, 0.29) is 0 Å². The standard InChI is InChI=1S/C16H24ClNOS/c1-12(2)9-18-10-13-5-6-15(8-16(13)17)20-11-14-4-3-7-19-14/h5-6,8,12,14,18H,3-4,7,9-11H2,1-2H3. The molecule has 1 aliphatic rings. The third-order valence-electron chi connectivity index (χ3n) is 3.35. The van der Waals surface area contributed by atoms with E-state index in [0.29, 0.717) is 12.0 Å². The maximum absolute atomic E-state index is 6.36. The molecular weight excluding hydrogens is 290 g/mol. The molecular formula is C16H24ClNOS. The number of ether oxygens (including phenoxy) is 1. The molecule has 2 rings (SSSR count). The zero-order valence-corrected chi connectivity index (χ0v) is 13.9. The van der Waals surface area contributed by atoms with Gasteiger partial charge in [0.15, 0.2) is 0 Å². The van der Waals surface area contributed by atoms with Gasteiger partial charge in [0.1, 0.15) is 0 Å². The fraction of sp³-hybridized carbons (Fsp3) is 0.625. The first-order valence-electron chi connectivity index (χ1n) is 7.38. The highest BCUT2D eigenvalue weighted by Crippen LogP contribution is 2.27. The second kappa shape index (κ2) is 8.28. The summed E-state index contributed by atoms with van der Waals surface area (Å²) < 4.78 is 5.64. The molecule has 0 amide bonds. The summed E-state index contributed by atoms with van der Waals surface area (Å²) in [5.41, 5.74) is 1.17. The number of nitrogens with one attached hydrogen (secondary N) is 1. The highest BCUT2D eigenvalue weighted by atomic mass is 35.5. The van der Waals surface area contributed by atoms with Gasteiger partial charge in [-0.25, -0.2) is 0 Å². The Bertz CT molecular complexity index is 419. The molecule has 0 bridgehead atoms. The van der Waals surface area contributed by atoms with Crippen molar-refractivity contribution in [2.24, 2.45) is 5.92 Å². The summed E-state index contributed by atoms with van der Waals surface area (Å²) in [7, 11) is 0. The van der Waals surface area contributed by atoms with Crippen LogP contribution in [0.3, 0.4) is 0 Å². The summed E-state index contributed by atoms with van der Waals surface area (Å²) in [6, 6.07) is 6.37. The van der Waals surface area contributed by atoms with Gasteiger partial charge < -0.3 is 10.1 Å². The van der Waals surface area contributed by atoms with Crippen LogP contribution in [0.25, 0.3) is 0 Å². The molecule has 1 unspecified atom stereocenters. The molecule has 1 aromatic carbocycles. The van der Waals surface area contributed by atoms with Crippen molar-refractivity contribution >= 4 is 23.4 Å². The Kier molecular flexibility index (Phi) is 6.69. The van der Waals surface area contributed by atoms with Crippen LogP contribution < -0.4 is 5.32 Å². The first-order chi connectivity index (χ1) is 9.65. The van der Waals surface area contributed by atoms with Gasteiger partial charge in [-0.1, -0.05) is 31.5 Å². The fourth-order valence-corrected chi connectivity index (χ4v) is 3.54. The zero-order valence-electron chi connectivity index (χ0n) is 12.3. The second-order valence-electron chi connectivity index (χ2n) is 5.72. The molecule has 112 valence electrons.